The van der Waals surface area contributed by atoms with Crippen LogP contribution in [0.15, 0.2) is 12.4 Å². The van der Waals surface area contributed by atoms with Crippen molar-refractivity contribution in [2.45, 2.75) is 12.5 Å². The van der Waals surface area contributed by atoms with Gasteiger partial charge in [-0.2, -0.15) is 5.10 Å². The van der Waals surface area contributed by atoms with E-state index in [0.717, 1.165) is 0 Å². The van der Waals surface area contributed by atoms with Crippen LogP contribution in [0.2, 0.25) is 0 Å². The Hall–Kier alpha value is -1.85. The van der Waals surface area contributed by atoms with Gasteiger partial charge in [0.15, 0.2) is 0 Å². The molecule has 2 rings (SSSR count). The van der Waals surface area contributed by atoms with Gasteiger partial charge >= 0.3 is 6.03 Å². The van der Waals surface area contributed by atoms with Crippen LogP contribution in [0.1, 0.15) is 12.5 Å². The molecule has 1 aromatic heterocycles. The van der Waals surface area contributed by atoms with Gasteiger partial charge in [-0.05, 0) is 6.92 Å². The molecule has 1 aromatic rings. The highest BCUT2D eigenvalue weighted by Gasteiger charge is 2.44. The van der Waals surface area contributed by atoms with Crippen LogP contribution in [0, 0.1) is 0 Å². The number of nitrogens with one attached hydrogen (secondary N) is 2. The molecule has 14 heavy (non-hydrogen) atoms. The van der Waals surface area contributed by atoms with E-state index in [-0.39, 0.29) is 5.91 Å². The van der Waals surface area contributed by atoms with E-state index in [1.54, 1.807) is 31.0 Å². The average molecular weight is 194 g/mol. The third-order valence-electron chi connectivity index (χ3n) is 2.33. The largest absolute Gasteiger partial charge is 0.322 e. The number of aryl methyl sites for hydroxylation is 1. The molecule has 1 aliphatic rings. The second-order valence-corrected chi connectivity index (χ2v) is 3.44. The smallest absolute Gasteiger partial charge is 0.319 e. The van der Waals surface area contributed by atoms with Gasteiger partial charge in [-0.1, -0.05) is 0 Å². The molecular weight excluding hydrogens is 184 g/mol. The third-order valence-corrected chi connectivity index (χ3v) is 2.33. The number of urea groups is 1. The average Bonchev–Trinajstić information content (AvgIpc) is 2.59. The van der Waals surface area contributed by atoms with Crippen LogP contribution in [-0.4, -0.2) is 21.7 Å². The fourth-order valence-corrected chi connectivity index (χ4v) is 1.43. The molecule has 0 spiro atoms. The Morgan fingerprint density at radius 2 is 2.21 bits per heavy atom. The molecule has 0 radical (unpaired) electrons. The number of imide groups is 1. The van der Waals surface area contributed by atoms with E-state index < -0.39 is 11.6 Å². The number of carbonyl (C=O) groups excluding carboxylic acids is 2. The van der Waals surface area contributed by atoms with Gasteiger partial charge < -0.3 is 5.32 Å². The number of amides is 3. The fourth-order valence-electron chi connectivity index (χ4n) is 1.43. The van der Waals surface area contributed by atoms with Gasteiger partial charge in [-0.15, -0.1) is 0 Å². The van der Waals surface area contributed by atoms with Crippen LogP contribution in [0.3, 0.4) is 0 Å². The first-order valence-electron chi connectivity index (χ1n) is 4.15. The van der Waals surface area contributed by atoms with Crippen molar-refractivity contribution in [1.29, 1.82) is 0 Å². The second-order valence-electron chi connectivity index (χ2n) is 3.44. The highest BCUT2D eigenvalue weighted by Crippen LogP contribution is 2.23. The van der Waals surface area contributed by atoms with Gasteiger partial charge in [-0.3, -0.25) is 14.8 Å². The zero-order valence-corrected chi connectivity index (χ0v) is 7.87. The Balaban J connectivity index is 2.42. The molecule has 1 aliphatic heterocycles. The lowest BCUT2D eigenvalue weighted by molar-refractivity contribution is -0.123. The molecule has 0 saturated carbocycles. The minimum absolute atomic E-state index is 0.351. The van der Waals surface area contributed by atoms with E-state index in [2.05, 4.69) is 15.7 Å². The van der Waals surface area contributed by atoms with Crippen molar-refractivity contribution in [2.24, 2.45) is 7.05 Å². The van der Waals surface area contributed by atoms with Crippen LogP contribution >= 0.6 is 0 Å². The summed E-state index contributed by atoms with van der Waals surface area (Å²) in [5, 5.41) is 8.70. The lowest BCUT2D eigenvalue weighted by Crippen LogP contribution is -2.40. The van der Waals surface area contributed by atoms with E-state index >= 15 is 0 Å². The summed E-state index contributed by atoms with van der Waals surface area (Å²) in [4.78, 5) is 22.5. The number of nitrogens with zero attached hydrogens (tertiary/aromatic N) is 2. The van der Waals surface area contributed by atoms with Gasteiger partial charge in [0.25, 0.3) is 5.91 Å². The zero-order valence-electron chi connectivity index (χ0n) is 7.87. The predicted molar refractivity (Wildman–Crippen MR) is 47.2 cm³/mol. The molecule has 74 valence electrons. The number of carbonyl (C=O) groups is 2. The molecule has 0 aliphatic carbocycles. The van der Waals surface area contributed by atoms with Gasteiger partial charge in [0.2, 0.25) is 0 Å². The number of aromatic nitrogens is 2. The predicted octanol–water partition coefficient (Wildman–Crippen LogP) is -0.525. The number of hydrogen-bond donors (Lipinski definition) is 2. The molecule has 1 fully saturated rings. The summed E-state index contributed by atoms with van der Waals surface area (Å²) in [6, 6.07) is -0.471. The summed E-state index contributed by atoms with van der Waals surface area (Å²) >= 11 is 0. The van der Waals surface area contributed by atoms with Crippen molar-refractivity contribution >= 4 is 11.9 Å². The SMILES string of the molecule is Cn1cc([C@]2(C)NC(=O)NC2=O)cn1. The van der Waals surface area contributed by atoms with Crippen molar-refractivity contribution in [2.75, 3.05) is 0 Å². The van der Waals surface area contributed by atoms with Crippen LogP contribution in [0.25, 0.3) is 0 Å². The van der Waals surface area contributed by atoms with Gasteiger partial charge in [0, 0.05) is 18.8 Å². The third kappa shape index (κ3) is 1.07. The van der Waals surface area contributed by atoms with Gasteiger partial charge in [0.1, 0.15) is 5.54 Å². The maximum Gasteiger partial charge on any atom is 0.322 e. The van der Waals surface area contributed by atoms with Crippen molar-refractivity contribution in [3.63, 3.8) is 0 Å². The quantitative estimate of drug-likeness (QED) is 0.590. The Bertz CT molecular complexity index is 411. The van der Waals surface area contributed by atoms with E-state index in [1.165, 1.54) is 0 Å². The van der Waals surface area contributed by atoms with Gasteiger partial charge in [-0.25, -0.2) is 4.79 Å². The van der Waals surface area contributed by atoms with Crippen LogP contribution in [0.4, 0.5) is 4.79 Å². The van der Waals surface area contributed by atoms with Crippen molar-refractivity contribution in [1.82, 2.24) is 20.4 Å². The summed E-state index contributed by atoms with van der Waals surface area (Å²) in [7, 11) is 1.75. The minimum Gasteiger partial charge on any atom is -0.319 e. The zero-order chi connectivity index (χ0) is 10.3. The lowest BCUT2D eigenvalue weighted by Gasteiger charge is -2.17. The number of rotatable bonds is 1. The molecular formula is C8H10N4O2. The summed E-state index contributed by atoms with van der Waals surface area (Å²) in [5.74, 6) is -0.351. The molecule has 1 atom stereocenters. The van der Waals surface area contributed by atoms with Crippen molar-refractivity contribution in [3.05, 3.63) is 18.0 Å². The first-order chi connectivity index (χ1) is 6.52. The molecule has 3 amide bonds. The van der Waals surface area contributed by atoms with Gasteiger partial charge in [0.05, 0.1) is 6.20 Å². The molecule has 2 heterocycles. The summed E-state index contributed by atoms with van der Waals surface area (Å²) in [5.41, 5.74) is -0.325. The highest BCUT2D eigenvalue weighted by atomic mass is 16.2. The molecule has 0 aromatic carbocycles. The van der Waals surface area contributed by atoms with E-state index in [0.29, 0.717) is 5.56 Å². The van der Waals surface area contributed by atoms with Crippen LogP contribution in [0.5, 0.6) is 0 Å². The molecule has 0 bridgehead atoms. The molecule has 0 unspecified atom stereocenters. The Kier molecular flexibility index (Phi) is 1.60. The minimum atomic E-state index is -0.995. The standard InChI is InChI=1S/C8H10N4O2/c1-8(5-3-9-12(2)4-5)6(13)10-7(14)11-8/h3-4H,1-2H3,(H2,10,11,13,14)/t8-/m0/s1. The Labute approximate surface area is 80.3 Å². The topological polar surface area (TPSA) is 76.0 Å². The van der Waals surface area contributed by atoms with Crippen LogP contribution in [-0.2, 0) is 17.4 Å². The van der Waals surface area contributed by atoms with Crippen molar-refractivity contribution in [3.8, 4) is 0 Å². The second kappa shape index (κ2) is 2.57. The molecule has 1 saturated heterocycles. The number of hydrogen-bond acceptors (Lipinski definition) is 3. The molecule has 6 heteroatoms. The Morgan fingerprint density at radius 3 is 2.64 bits per heavy atom. The summed E-state index contributed by atoms with van der Waals surface area (Å²) < 4.78 is 1.58. The summed E-state index contributed by atoms with van der Waals surface area (Å²) in [6.45, 7) is 1.64. The first-order valence-corrected chi connectivity index (χ1v) is 4.15. The normalized spacial score (nSPS) is 26.1. The highest BCUT2D eigenvalue weighted by molar-refractivity contribution is 6.07. The van der Waals surface area contributed by atoms with E-state index in [9.17, 15) is 9.59 Å². The van der Waals surface area contributed by atoms with E-state index in [4.69, 9.17) is 0 Å². The lowest BCUT2D eigenvalue weighted by atomic mass is 9.96. The van der Waals surface area contributed by atoms with E-state index in [1.807, 2.05) is 0 Å². The van der Waals surface area contributed by atoms with Crippen molar-refractivity contribution < 1.29 is 9.59 Å². The first kappa shape index (κ1) is 8.74. The molecule has 6 nitrogen and oxygen atoms in total. The Morgan fingerprint density at radius 1 is 1.50 bits per heavy atom. The molecule has 2 N–H and O–H groups in total. The maximum atomic E-state index is 11.5. The monoisotopic (exact) mass is 194 g/mol. The van der Waals surface area contributed by atoms with Crippen LogP contribution < -0.4 is 10.6 Å². The fraction of sp³-hybridized carbons (Fsp3) is 0.375. The maximum absolute atomic E-state index is 11.5. The summed E-state index contributed by atoms with van der Waals surface area (Å²) in [6.07, 6.45) is 3.26.